The van der Waals surface area contributed by atoms with Gasteiger partial charge in [-0.25, -0.2) is 24.5 Å². The molecule has 0 amide bonds. The van der Waals surface area contributed by atoms with Crippen molar-refractivity contribution in [3.63, 3.8) is 0 Å². The monoisotopic (exact) mass is 1940 g/mol. The van der Waals surface area contributed by atoms with E-state index in [1.807, 2.05) is 121 Å². The molecule has 0 bridgehead atoms. The van der Waals surface area contributed by atoms with E-state index < -0.39 is 70.2 Å². The quantitative estimate of drug-likeness (QED) is 0.0173. The summed E-state index contributed by atoms with van der Waals surface area (Å²) in [5.41, 5.74) is 2.73. The van der Waals surface area contributed by atoms with E-state index in [0.29, 0.717) is 44.8 Å². The molecule has 0 spiro atoms. The number of carboxylic acids is 1. The van der Waals surface area contributed by atoms with E-state index >= 15 is 0 Å². The van der Waals surface area contributed by atoms with Crippen molar-refractivity contribution in [2.75, 3.05) is 13.2 Å². The Bertz CT molecular complexity index is 5760. The van der Waals surface area contributed by atoms with Gasteiger partial charge in [-0.15, -0.1) is 0 Å². The number of nitrogens with zero attached hydrogens (tertiary/aromatic N) is 3. The fraction of sp³-hybridized carbons (Fsp3) is 0.161. The third-order valence-electron chi connectivity index (χ3n) is 16.4. The van der Waals surface area contributed by atoms with Crippen molar-refractivity contribution < 1.29 is 275 Å². The minimum atomic E-state index is -4.62. The number of carbonyl (C=O) groups is 4. The smallest absolute Gasteiger partial charge is 1.00 e. The molecular weight excluding hydrogens is 1870 g/mol. The van der Waals surface area contributed by atoms with E-state index in [2.05, 4.69) is 35.8 Å². The Morgan fingerprint density at radius 2 is 0.739 bits per heavy atom. The number of aromatic hydroxyl groups is 1. The minimum absolute atomic E-state index is 0. The molecule has 0 aliphatic carbocycles. The number of benzene rings is 12. The number of aromatic nitrogens is 3. The van der Waals surface area contributed by atoms with Crippen LogP contribution in [0.5, 0.6) is 17.2 Å². The molecule has 32 heteroatoms. The number of carbonyl (C=O) groups excluding carboxylic acids is 3. The van der Waals surface area contributed by atoms with Crippen LogP contribution in [0.15, 0.2) is 268 Å². The Kier molecular flexibility index (Phi) is 42.0. The zero-order valence-electron chi connectivity index (χ0n) is 62.2. The van der Waals surface area contributed by atoms with Crippen LogP contribution < -0.4 is 171 Å². The van der Waals surface area contributed by atoms with Gasteiger partial charge in [-0.05, 0) is 155 Å². The fourth-order valence-electron chi connectivity index (χ4n) is 11.3. The average Bonchev–Trinajstić information content (AvgIpc) is 1.43. The van der Waals surface area contributed by atoms with E-state index in [1.54, 1.807) is 74.5 Å². The number of phenols is 1. The van der Waals surface area contributed by atoms with Crippen molar-refractivity contribution in [3.05, 3.63) is 288 Å². The van der Waals surface area contributed by atoms with Crippen LogP contribution in [0, 0.1) is 0 Å². The molecule has 15 aromatic rings. The van der Waals surface area contributed by atoms with E-state index in [1.165, 1.54) is 30.3 Å². The van der Waals surface area contributed by atoms with Gasteiger partial charge in [0.15, 0.2) is 16.7 Å². The van der Waals surface area contributed by atoms with Crippen molar-refractivity contribution in [2.45, 2.75) is 79.1 Å². The summed E-state index contributed by atoms with van der Waals surface area (Å²) < 4.78 is 157. The van der Waals surface area contributed by atoms with Gasteiger partial charge in [0.2, 0.25) is 29.9 Å². The average molecular weight is 1940 g/mol. The SMILES string of the molecule is C.C.C.C.CCOC(=O)C(Br)c1cccc(C(F)(F)F)c1.CCOC(=O)C(Oc1cc2ccccc2cc1-c1nc2ccccc2o1)c1cccc(C(F)(F)F)c1.O=C(O)C(Oc1cc2ccccc2cc1-c1nc2ccccc2o1)c1cccc(C(F)(F)F)c1.O=CO[O-].Oc1cc2ccccc2cc1-c1nc2ccccc2o1.[Cs+].[Cs+].[H-].[Li+].[OH-]. The number of para-hydroxylation sites is 6. The number of halogens is 10. The first-order valence-electron chi connectivity index (χ1n) is 33.3. The molecule has 0 aliphatic rings. The van der Waals surface area contributed by atoms with E-state index in [-0.39, 0.29) is 259 Å². The number of alkyl halides is 10. The number of hydrogen-bond acceptors (Lipinski definition) is 18. The Morgan fingerprint density at radius 3 is 1.08 bits per heavy atom. The van der Waals surface area contributed by atoms with Crippen LogP contribution in [0.2, 0.25) is 0 Å². The molecule has 12 aromatic carbocycles. The van der Waals surface area contributed by atoms with Crippen molar-refractivity contribution in [1.29, 1.82) is 0 Å². The number of rotatable bonds is 16. The third kappa shape index (κ3) is 27.0. The first-order chi connectivity index (χ1) is 53.2. The molecule has 0 aliphatic heterocycles. The maximum Gasteiger partial charge on any atom is 1.00 e. The Hall–Kier alpha value is -8.42. The van der Waals surface area contributed by atoms with Crippen molar-refractivity contribution >= 4 is 106 Å². The molecule has 15 rings (SSSR count). The zero-order valence-corrected chi connectivity index (χ0v) is 75.4. The first kappa shape index (κ1) is 105. The van der Waals surface area contributed by atoms with Crippen LogP contribution in [0.3, 0.4) is 0 Å². The molecule has 3 N–H and O–H groups in total. The summed E-state index contributed by atoms with van der Waals surface area (Å²) >= 11 is 3.01. The maximum absolute atomic E-state index is 13.4. The van der Waals surface area contributed by atoms with Crippen LogP contribution in [-0.4, -0.2) is 68.2 Å². The summed E-state index contributed by atoms with van der Waals surface area (Å²) in [4.78, 5) is 60.1. The van der Waals surface area contributed by atoms with Gasteiger partial charge in [0, 0.05) is 11.1 Å². The van der Waals surface area contributed by atoms with Crippen LogP contribution in [-0.2, 0) is 52.1 Å². The number of aliphatic carboxylic acids is 1. The molecule has 0 fully saturated rings. The molecule has 3 atom stereocenters. The number of ether oxygens (including phenoxy) is 4. The Labute approximate surface area is 816 Å². The number of oxazole rings is 3. The molecular formula is C87H76BrCs2F9LiN3O16. The second-order valence-corrected chi connectivity index (χ2v) is 24.7. The van der Waals surface area contributed by atoms with Crippen molar-refractivity contribution in [3.8, 4) is 51.6 Å². The molecule has 0 saturated heterocycles. The second kappa shape index (κ2) is 47.7. The number of esters is 2. The molecule has 3 aromatic heterocycles. The van der Waals surface area contributed by atoms with Gasteiger partial charge in [-0.3, -0.25) is 9.59 Å². The van der Waals surface area contributed by atoms with Gasteiger partial charge in [0.05, 0.1) is 46.6 Å². The molecule has 0 radical (unpaired) electrons. The van der Waals surface area contributed by atoms with Gasteiger partial charge in [0.25, 0.3) is 6.47 Å². The van der Waals surface area contributed by atoms with Gasteiger partial charge >= 0.3 is 193 Å². The van der Waals surface area contributed by atoms with Crippen LogP contribution >= 0.6 is 15.9 Å². The number of hydrogen-bond donors (Lipinski definition) is 2. The van der Waals surface area contributed by atoms with Crippen LogP contribution in [0.25, 0.3) is 100.0 Å². The summed E-state index contributed by atoms with van der Waals surface area (Å²) in [6, 6.07) is 68.3. The number of carboxylic acid groups (broad SMARTS) is 1. The van der Waals surface area contributed by atoms with Crippen molar-refractivity contribution in [2.24, 2.45) is 0 Å². The molecule has 608 valence electrons. The van der Waals surface area contributed by atoms with Gasteiger partial charge in [-0.1, -0.05) is 197 Å². The molecule has 3 unspecified atom stereocenters. The molecule has 3 heterocycles. The van der Waals surface area contributed by atoms with Gasteiger partial charge in [0.1, 0.15) is 38.6 Å². The normalized spacial score (nSPS) is 11.4. The summed E-state index contributed by atoms with van der Waals surface area (Å²) in [5, 5.41) is 33.7. The predicted octanol–water partition coefficient (Wildman–Crippen LogP) is 14.2. The molecule has 119 heavy (non-hydrogen) atoms. The standard InChI is InChI=1S/C28H20F3NO4.C26H16F3NO4.C17H11NO2.C11H10BrF3O2.CH2O3.4CH4.2Cs.Li.H2O.H/c1-2-34-27(33)25(19-10-7-11-20(14-19)28(29,30)31)35-24-16-18-9-4-3-8-17(18)15-21(24)26-32-22-12-5-6-13-23(22)36-26;27-26(28,29)18-9-5-8-17(12-18)23(25(31)32)33-22-14-16-7-2-1-6-15(16)13-19(22)24-30-20-10-3-4-11-21(20)34-24;19-15-10-12-6-2-1-5-11(12)9-13(15)17-18-14-7-3-4-8-16(14)20-17;1-2-17-10(16)9(12)7-4-3-5-8(6-7)11(13,14)15;2-1-4-3;;;;;;;;;/h3-16,25H,2H2,1H3;1-14,23H,(H,31,32);1-10,19H;3-6,9H,2H2,1H3;1,3H;4*1H4;;;;1H2;/q;;;;;;;;;3*+1;;-1/p-2. The van der Waals surface area contributed by atoms with Gasteiger partial charge < -0.3 is 59.5 Å². The number of fused-ring (bicyclic) bond motifs is 6. The third-order valence-corrected chi connectivity index (χ3v) is 17.3. The Balaban J connectivity index is 0.000000540. The minimum Gasteiger partial charge on any atom is -1.00 e. The summed E-state index contributed by atoms with van der Waals surface area (Å²) in [7, 11) is 0. The van der Waals surface area contributed by atoms with Crippen LogP contribution in [0.1, 0.15) is 95.4 Å². The number of phenolic OH excluding ortho intramolecular Hbond substituents is 1. The van der Waals surface area contributed by atoms with Crippen LogP contribution in [0.4, 0.5) is 39.5 Å². The zero-order chi connectivity index (χ0) is 79.2. The van der Waals surface area contributed by atoms with E-state index in [4.69, 9.17) is 42.3 Å². The van der Waals surface area contributed by atoms with E-state index in [9.17, 15) is 64.1 Å². The largest absolute Gasteiger partial charge is 1.00 e. The topological polar surface area (TPSA) is 286 Å². The van der Waals surface area contributed by atoms with E-state index in [0.717, 1.165) is 85.9 Å². The second-order valence-electron chi connectivity index (χ2n) is 23.8. The summed E-state index contributed by atoms with van der Waals surface area (Å²) in [6.45, 7) is 3.28. The summed E-state index contributed by atoms with van der Waals surface area (Å²) in [6.07, 6.45) is -16.8. The fourth-order valence-corrected chi connectivity index (χ4v) is 11.7. The maximum atomic E-state index is 13.4. The first-order valence-corrected chi connectivity index (χ1v) is 34.3. The van der Waals surface area contributed by atoms with Gasteiger partial charge in [-0.2, -0.15) is 39.5 Å². The Morgan fingerprint density at radius 1 is 0.445 bits per heavy atom. The van der Waals surface area contributed by atoms with Crippen molar-refractivity contribution in [1.82, 2.24) is 15.0 Å². The predicted molar refractivity (Wildman–Crippen MR) is 423 cm³/mol. The molecule has 0 saturated carbocycles. The molecule has 19 nitrogen and oxygen atoms in total. The summed E-state index contributed by atoms with van der Waals surface area (Å²) in [5.74, 6) is -1.44.